The summed E-state index contributed by atoms with van der Waals surface area (Å²) in [6.45, 7) is 11.5. The van der Waals surface area contributed by atoms with E-state index in [1.807, 2.05) is 12.1 Å². The Morgan fingerprint density at radius 3 is 1.12 bits per heavy atom. The van der Waals surface area contributed by atoms with Crippen LogP contribution in [0.15, 0.2) is 109 Å². The Balaban J connectivity index is 1.11. The Morgan fingerprint density at radius 1 is 0.500 bits per heavy atom. The molecule has 0 radical (unpaired) electrons. The van der Waals surface area contributed by atoms with Crippen molar-refractivity contribution in [1.29, 1.82) is 0 Å². The minimum atomic E-state index is -0.368. The molecule has 0 aliphatic heterocycles. The zero-order valence-electron chi connectivity index (χ0n) is 33.1. The second-order valence-electron chi connectivity index (χ2n) is 14.9. The van der Waals surface area contributed by atoms with Crippen LogP contribution in [0, 0.1) is 0 Å². The highest BCUT2D eigenvalue weighted by atomic mass is 16.6. The molecule has 4 atom stereocenters. The van der Waals surface area contributed by atoms with Gasteiger partial charge in [-0.15, -0.1) is 0 Å². The molecule has 2 saturated carbocycles. The van der Waals surface area contributed by atoms with E-state index in [-0.39, 0.29) is 36.4 Å². The highest BCUT2D eigenvalue weighted by Gasteiger charge is 2.31. The molecule has 8 heteroatoms. The third kappa shape index (κ3) is 10.2. The van der Waals surface area contributed by atoms with Crippen LogP contribution < -0.4 is 9.47 Å². The van der Waals surface area contributed by atoms with Crippen LogP contribution in [0.1, 0.15) is 76.3 Å². The number of benzene rings is 4. The van der Waals surface area contributed by atoms with Gasteiger partial charge in [0.05, 0.1) is 39.6 Å². The van der Waals surface area contributed by atoms with E-state index < -0.39 is 0 Å². The summed E-state index contributed by atoms with van der Waals surface area (Å²) in [6.07, 6.45) is 6.44. The van der Waals surface area contributed by atoms with Crippen molar-refractivity contribution in [1.82, 2.24) is 0 Å². The summed E-state index contributed by atoms with van der Waals surface area (Å²) in [7, 11) is 3.33. The lowest BCUT2D eigenvalue weighted by molar-refractivity contribution is -0.158. The van der Waals surface area contributed by atoms with E-state index >= 15 is 0 Å². The normalized spacial score (nSPS) is 19.4. The lowest BCUT2D eigenvalue weighted by Crippen LogP contribution is -2.36. The number of methoxy groups -OCH3 is 2. The minimum absolute atomic E-state index is 0.173. The maximum atomic E-state index is 12.2. The second kappa shape index (κ2) is 19.1. The standard InChI is InChI=1S/C48H54O8/c1-31(2)47(49)55-45-13-9-7-11-43(45)53-29-39-27-37(23-25-41(39)51-5)35-19-15-33(16-20-35)34-17-21-36(22-18-34)38-24-26-42(52-6)40(28-38)30-54-44-12-8-10-14-46(44)56-48(50)32(3)4/h15-28,43-46H,1,3,7-14,29-30H2,2,4-6H3. The fourth-order valence-electron chi connectivity index (χ4n) is 7.50. The molecule has 0 spiro atoms. The molecule has 0 N–H and O–H groups in total. The first-order valence-electron chi connectivity index (χ1n) is 19.6. The molecular formula is C48H54O8. The van der Waals surface area contributed by atoms with Crippen molar-refractivity contribution in [2.24, 2.45) is 0 Å². The summed E-state index contributed by atoms with van der Waals surface area (Å²) in [5, 5.41) is 0. The van der Waals surface area contributed by atoms with E-state index in [1.54, 1.807) is 28.1 Å². The molecule has 2 fully saturated rings. The molecule has 6 rings (SSSR count). The van der Waals surface area contributed by atoms with Crippen LogP contribution in [0.5, 0.6) is 11.5 Å². The van der Waals surface area contributed by atoms with Gasteiger partial charge in [-0.2, -0.15) is 0 Å². The van der Waals surface area contributed by atoms with Crippen LogP contribution >= 0.6 is 0 Å². The van der Waals surface area contributed by atoms with Crippen LogP contribution in [0.3, 0.4) is 0 Å². The molecule has 2 aliphatic rings. The number of carbonyl (C=O) groups is 2. The number of hydrogen-bond acceptors (Lipinski definition) is 8. The molecule has 4 unspecified atom stereocenters. The molecule has 294 valence electrons. The maximum Gasteiger partial charge on any atom is 0.333 e. The van der Waals surface area contributed by atoms with Gasteiger partial charge in [-0.3, -0.25) is 0 Å². The predicted octanol–water partition coefficient (Wildman–Crippen LogP) is 10.6. The Labute approximate surface area is 331 Å². The third-order valence-corrected chi connectivity index (χ3v) is 10.7. The topological polar surface area (TPSA) is 89.5 Å². The fourth-order valence-corrected chi connectivity index (χ4v) is 7.50. The molecular weight excluding hydrogens is 705 g/mol. The number of ether oxygens (including phenoxy) is 6. The molecule has 0 bridgehead atoms. The predicted molar refractivity (Wildman–Crippen MR) is 219 cm³/mol. The summed E-state index contributed by atoms with van der Waals surface area (Å²) in [5.41, 5.74) is 9.19. The van der Waals surface area contributed by atoms with E-state index in [4.69, 9.17) is 28.4 Å². The summed E-state index contributed by atoms with van der Waals surface area (Å²) >= 11 is 0. The first-order chi connectivity index (χ1) is 27.1. The first kappa shape index (κ1) is 40.5. The van der Waals surface area contributed by atoms with Gasteiger partial charge in [0.15, 0.2) is 0 Å². The SMILES string of the molecule is C=C(C)C(=O)OC1CCCCC1OCc1cc(-c2ccc(-c3ccc(-c4ccc(OC)c(COC5CCCCC5OC(=O)C(=C)C)c4)cc3)cc2)ccc1OC. The van der Waals surface area contributed by atoms with E-state index in [1.165, 1.54) is 0 Å². The van der Waals surface area contributed by atoms with E-state index in [9.17, 15) is 9.59 Å². The Bertz CT molecular complexity index is 1850. The quantitative estimate of drug-likeness (QED) is 0.0874. The summed E-state index contributed by atoms with van der Waals surface area (Å²) in [6, 6.07) is 29.4. The van der Waals surface area contributed by atoms with Crippen molar-refractivity contribution in [2.75, 3.05) is 14.2 Å². The lowest BCUT2D eigenvalue weighted by Gasteiger charge is -2.31. The van der Waals surface area contributed by atoms with Crippen molar-refractivity contribution in [3.05, 3.63) is 120 Å². The van der Waals surface area contributed by atoms with Crippen molar-refractivity contribution in [2.45, 2.75) is 103 Å². The molecule has 4 aromatic rings. The zero-order valence-corrected chi connectivity index (χ0v) is 33.1. The van der Waals surface area contributed by atoms with Crippen molar-refractivity contribution in [3.63, 3.8) is 0 Å². The van der Waals surface area contributed by atoms with Crippen LogP contribution in [0.2, 0.25) is 0 Å². The number of hydrogen-bond donors (Lipinski definition) is 0. The van der Waals surface area contributed by atoms with Crippen LogP contribution in [0.25, 0.3) is 33.4 Å². The lowest BCUT2D eigenvalue weighted by atomic mass is 9.94. The van der Waals surface area contributed by atoms with E-state index in [0.717, 1.165) is 107 Å². The van der Waals surface area contributed by atoms with Gasteiger partial charge in [0.25, 0.3) is 0 Å². The van der Waals surface area contributed by atoms with Gasteiger partial charge in [-0.1, -0.05) is 86.7 Å². The summed E-state index contributed by atoms with van der Waals surface area (Å²) < 4.78 is 35.6. The second-order valence-corrected chi connectivity index (χ2v) is 14.9. The van der Waals surface area contributed by atoms with Gasteiger partial charge >= 0.3 is 11.9 Å². The van der Waals surface area contributed by atoms with Crippen molar-refractivity contribution in [3.8, 4) is 44.9 Å². The minimum Gasteiger partial charge on any atom is -0.496 e. The molecule has 0 saturated heterocycles. The Hall–Kier alpha value is -5.18. The van der Waals surface area contributed by atoms with Crippen LogP contribution in [-0.2, 0) is 41.8 Å². The van der Waals surface area contributed by atoms with Crippen molar-refractivity contribution >= 4 is 11.9 Å². The van der Waals surface area contributed by atoms with Crippen molar-refractivity contribution < 1.29 is 38.0 Å². The summed E-state index contributed by atoms with van der Waals surface area (Å²) in [5.74, 6) is 0.779. The van der Waals surface area contributed by atoms with Gasteiger partial charge in [0.1, 0.15) is 23.7 Å². The van der Waals surface area contributed by atoms with Gasteiger partial charge in [-0.25, -0.2) is 9.59 Å². The van der Waals surface area contributed by atoms with Gasteiger partial charge in [-0.05, 0) is 110 Å². The van der Waals surface area contributed by atoms with Gasteiger partial charge in [0, 0.05) is 22.3 Å². The van der Waals surface area contributed by atoms with Crippen LogP contribution in [0.4, 0.5) is 0 Å². The average Bonchev–Trinajstić information content (AvgIpc) is 3.22. The molecule has 2 aliphatic carbocycles. The monoisotopic (exact) mass is 758 g/mol. The number of carbonyl (C=O) groups excluding carboxylic acids is 2. The summed E-state index contributed by atoms with van der Waals surface area (Å²) in [4.78, 5) is 24.5. The maximum absolute atomic E-state index is 12.2. The molecule has 0 aromatic heterocycles. The Kier molecular flexibility index (Phi) is 13.8. The molecule has 56 heavy (non-hydrogen) atoms. The van der Waals surface area contributed by atoms with Gasteiger partial charge < -0.3 is 28.4 Å². The zero-order chi connectivity index (χ0) is 39.6. The average molecular weight is 759 g/mol. The first-order valence-corrected chi connectivity index (χ1v) is 19.6. The largest absolute Gasteiger partial charge is 0.496 e. The highest BCUT2D eigenvalue weighted by molar-refractivity contribution is 5.87. The highest BCUT2D eigenvalue weighted by Crippen LogP contribution is 2.34. The number of esters is 2. The Morgan fingerprint density at radius 2 is 0.804 bits per heavy atom. The third-order valence-electron chi connectivity index (χ3n) is 10.7. The molecule has 4 aromatic carbocycles. The molecule has 0 amide bonds. The smallest absolute Gasteiger partial charge is 0.333 e. The van der Waals surface area contributed by atoms with E-state index in [2.05, 4.69) is 86.0 Å². The molecule has 0 heterocycles. The fraction of sp³-hybridized carbons (Fsp3) is 0.375. The number of rotatable bonds is 15. The molecule has 8 nitrogen and oxygen atoms in total. The van der Waals surface area contributed by atoms with Gasteiger partial charge in [0.2, 0.25) is 0 Å². The van der Waals surface area contributed by atoms with Crippen LogP contribution in [-0.4, -0.2) is 50.6 Å². The van der Waals surface area contributed by atoms with E-state index in [0.29, 0.717) is 24.4 Å².